The normalized spacial score (nSPS) is 28.0. The van der Waals surface area contributed by atoms with Crippen LogP contribution in [0.3, 0.4) is 0 Å². The van der Waals surface area contributed by atoms with Crippen LogP contribution >= 0.6 is 11.6 Å². The number of alkyl halides is 1. The van der Waals surface area contributed by atoms with Crippen LogP contribution in [0.5, 0.6) is 0 Å². The minimum absolute atomic E-state index is 0.0199. The fourth-order valence-electron chi connectivity index (χ4n) is 1.17. The van der Waals surface area contributed by atoms with Gasteiger partial charge in [0.05, 0.1) is 0 Å². The van der Waals surface area contributed by atoms with Crippen LogP contribution in [0, 0.1) is 0 Å². The van der Waals surface area contributed by atoms with Crippen LogP contribution in [0.15, 0.2) is 0 Å². The number of amides is 1. The Kier molecular flexibility index (Phi) is 3.82. The van der Waals surface area contributed by atoms with Crippen LogP contribution < -0.4 is 10.6 Å². The van der Waals surface area contributed by atoms with Crippen molar-refractivity contribution in [3.8, 4) is 0 Å². The first-order valence-electron chi connectivity index (χ1n) is 4.43. The molecule has 4 heteroatoms. The van der Waals surface area contributed by atoms with Gasteiger partial charge in [-0.05, 0) is 13.0 Å². The van der Waals surface area contributed by atoms with E-state index in [1.54, 1.807) is 0 Å². The number of unbranched alkanes of at least 4 members (excludes halogenated alkanes) is 2. The predicted molar refractivity (Wildman–Crippen MR) is 49.1 cm³/mol. The molecule has 0 spiro atoms. The minimum Gasteiger partial charge on any atom is -0.337 e. The highest BCUT2D eigenvalue weighted by molar-refractivity contribution is 6.26. The van der Waals surface area contributed by atoms with Crippen LogP contribution in [0.25, 0.3) is 0 Å². The maximum atomic E-state index is 10.8. The lowest BCUT2D eigenvalue weighted by Crippen LogP contribution is -2.65. The van der Waals surface area contributed by atoms with Crippen molar-refractivity contribution in [2.45, 2.75) is 37.7 Å². The van der Waals surface area contributed by atoms with Crippen molar-refractivity contribution in [2.24, 2.45) is 0 Å². The van der Waals surface area contributed by atoms with Crippen molar-refractivity contribution in [3.63, 3.8) is 0 Å². The third-order valence-electron chi connectivity index (χ3n) is 2.00. The molecule has 70 valence electrons. The average molecular weight is 191 g/mol. The van der Waals surface area contributed by atoms with Crippen molar-refractivity contribution >= 4 is 17.5 Å². The summed E-state index contributed by atoms with van der Waals surface area (Å²) in [6, 6.07) is -0.163. The average Bonchev–Trinajstić information content (AvgIpc) is 2.04. The Morgan fingerprint density at radius 3 is 2.83 bits per heavy atom. The van der Waals surface area contributed by atoms with Gasteiger partial charge in [0.15, 0.2) is 0 Å². The number of hydrogen-bond donors (Lipinski definition) is 2. The maximum absolute atomic E-state index is 10.8. The van der Waals surface area contributed by atoms with Crippen molar-refractivity contribution in [1.82, 2.24) is 10.6 Å². The standard InChI is InChI=1S/C8H15ClN2O/c1-2-3-4-5-10-6-7(9)11-8(6)12/h6-7,10H,2-5H2,1H3,(H,11,12)/t6-,7?/m1/s1. The van der Waals surface area contributed by atoms with E-state index in [0.29, 0.717) is 0 Å². The summed E-state index contributed by atoms with van der Waals surface area (Å²) in [7, 11) is 0. The van der Waals surface area contributed by atoms with Crippen molar-refractivity contribution in [3.05, 3.63) is 0 Å². The van der Waals surface area contributed by atoms with E-state index in [0.717, 1.165) is 13.0 Å². The molecule has 0 aromatic carbocycles. The molecule has 1 amide bonds. The van der Waals surface area contributed by atoms with Crippen LogP contribution in [-0.4, -0.2) is 24.0 Å². The maximum Gasteiger partial charge on any atom is 0.241 e. The van der Waals surface area contributed by atoms with Gasteiger partial charge in [0.25, 0.3) is 0 Å². The molecule has 1 rings (SSSR count). The van der Waals surface area contributed by atoms with Crippen molar-refractivity contribution in [1.29, 1.82) is 0 Å². The lowest BCUT2D eigenvalue weighted by molar-refractivity contribution is -0.129. The summed E-state index contributed by atoms with van der Waals surface area (Å²) < 4.78 is 0. The molecule has 0 aliphatic carbocycles. The van der Waals surface area contributed by atoms with Gasteiger partial charge in [-0.25, -0.2) is 0 Å². The summed E-state index contributed by atoms with van der Waals surface area (Å²) in [5.41, 5.74) is -0.209. The molecule has 2 atom stereocenters. The van der Waals surface area contributed by atoms with Gasteiger partial charge in [-0.1, -0.05) is 31.4 Å². The third kappa shape index (κ3) is 2.35. The molecule has 12 heavy (non-hydrogen) atoms. The van der Waals surface area contributed by atoms with Gasteiger partial charge in [0, 0.05) is 0 Å². The highest BCUT2D eigenvalue weighted by Crippen LogP contribution is 2.09. The van der Waals surface area contributed by atoms with E-state index in [-0.39, 0.29) is 17.5 Å². The Morgan fingerprint density at radius 2 is 2.33 bits per heavy atom. The molecular weight excluding hydrogens is 176 g/mol. The molecule has 0 aromatic heterocycles. The minimum atomic E-state index is -0.209. The number of hydrogen-bond acceptors (Lipinski definition) is 2. The summed E-state index contributed by atoms with van der Waals surface area (Å²) in [5.74, 6) is 0.0199. The van der Waals surface area contributed by atoms with Crippen LogP contribution in [0.1, 0.15) is 26.2 Å². The van der Waals surface area contributed by atoms with Gasteiger partial charge >= 0.3 is 0 Å². The number of nitrogens with one attached hydrogen (secondary N) is 2. The Bertz CT molecular complexity index is 163. The third-order valence-corrected chi connectivity index (χ3v) is 2.36. The number of carbonyl (C=O) groups excluding carboxylic acids is 1. The van der Waals surface area contributed by atoms with Gasteiger partial charge in [0.2, 0.25) is 5.91 Å². The Labute approximate surface area is 77.9 Å². The zero-order valence-electron chi connectivity index (χ0n) is 7.27. The van der Waals surface area contributed by atoms with Crippen LogP contribution in [-0.2, 0) is 4.79 Å². The molecule has 1 aliphatic heterocycles. The smallest absolute Gasteiger partial charge is 0.241 e. The molecule has 1 aliphatic rings. The number of β-lactam (4-membered cyclic amide) rings is 1. The van der Waals surface area contributed by atoms with E-state index >= 15 is 0 Å². The van der Waals surface area contributed by atoms with E-state index in [4.69, 9.17) is 11.6 Å². The molecule has 0 saturated carbocycles. The highest BCUT2D eigenvalue weighted by Gasteiger charge is 2.36. The van der Waals surface area contributed by atoms with Gasteiger partial charge in [-0.15, -0.1) is 0 Å². The fourth-order valence-corrected chi connectivity index (χ4v) is 1.49. The Balaban J connectivity index is 2.03. The Hall–Kier alpha value is -0.280. The molecule has 0 bridgehead atoms. The highest BCUT2D eigenvalue weighted by atomic mass is 35.5. The lowest BCUT2D eigenvalue weighted by Gasteiger charge is -2.32. The molecule has 0 radical (unpaired) electrons. The fraction of sp³-hybridized carbons (Fsp3) is 0.875. The molecule has 2 N–H and O–H groups in total. The summed E-state index contributed by atoms with van der Waals surface area (Å²) in [6.45, 7) is 3.04. The molecular formula is C8H15ClN2O. The zero-order chi connectivity index (χ0) is 8.97. The summed E-state index contributed by atoms with van der Waals surface area (Å²) in [5, 5.41) is 5.67. The number of rotatable bonds is 5. The zero-order valence-corrected chi connectivity index (χ0v) is 8.03. The van der Waals surface area contributed by atoms with E-state index in [2.05, 4.69) is 17.6 Å². The second kappa shape index (κ2) is 4.67. The van der Waals surface area contributed by atoms with E-state index in [9.17, 15) is 4.79 Å². The SMILES string of the molecule is CCCCCN[C@H]1C(=O)NC1Cl. The quantitative estimate of drug-likeness (QED) is 0.292. The predicted octanol–water partition coefficient (Wildman–Crippen LogP) is 0.829. The molecule has 1 saturated heterocycles. The van der Waals surface area contributed by atoms with Crippen molar-refractivity contribution < 1.29 is 4.79 Å². The first-order valence-corrected chi connectivity index (χ1v) is 4.87. The van der Waals surface area contributed by atoms with Crippen LogP contribution in [0.4, 0.5) is 0 Å². The molecule has 1 heterocycles. The van der Waals surface area contributed by atoms with Gasteiger partial charge in [-0.2, -0.15) is 0 Å². The monoisotopic (exact) mass is 190 g/mol. The number of halogens is 1. The van der Waals surface area contributed by atoms with Gasteiger partial charge in [0.1, 0.15) is 11.5 Å². The summed E-state index contributed by atoms with van der Waals surface area (Å²) in [4.78, 5) is 10.8. The second-order valence-electron chi connectivity index (χ2n) is 3.05. The van der Waals surface area contributed by atoms with E-state index in [1.807, 2.05) is 0 Å². The first-order chi connectivity index (χ1) is 5.75. The molecule has 3 nitrogen and oxygen atoms in total. The van der Waals surface area contributed by atoms with Gasteiger partial charge < -0.3 is 10.6 Å². The van der Waals surface area contributed by atoms with Gasteiger partial charge in [-0.3, -0.25) is 4.79 Å². The molecule has 1 unspecified atom stereocenters. The lowest BCUT2D eigenvalue weighted by atomic mass is 10.1. The topological polar surface area (TPSA) is 41.1 Å². The largest absolute Gasteiger partial charge is 0.337 e. The first kappa shape index (κ1) is 9.81. The van der Waals surface area contributed by atoms with E-state index < -0.39 is 0 Å². The van der Waals surface area contributed by atoms with Crippen LogP contribution in [0.2, 0.25) is 0 Å². The summed E-state index contributed by atoms with van der Waals surface area (Å²) >= 11 is 5.73. The number of carbonyl (C=O) groups is 1. The summed E-state index contributed by atoms with van der Waals surface area (Å²) in [6.07, 6.45) is 3.51. The van der Waals surface area contributed by atoms with E-state index in [1.165, 1.54) is 12.8 Å². The second-order valence-corrected chi connectivity index (χ2v) is 3.52. The molecule has 1 fully saturated rings. The molecule has 0 aromatic rings. The van der Waals surface area contributed by atoms with Crippen molar-refractivity contribution in [2.75, 3.05) is 6.54 Å². The Morgan fingerprint density at radius 1 is 1.58 bits per heavy atom.